The molecule has 0 aromatic carbocycles. The van der Waals surface area contributed by atoms with Crippen LogP contribution in [0.5, 0.6) is 0 Å². The van der Waals surface area contributed by atoms with E-state index >= 15 is 0 Å². The smallest absolute Gasteiger partial charge is 0.120 e. The molecule has 0 spiro atoms. The maximum Gasteiger partial charge on any atom is 0.120 e. The first-order valence-corrected chi connectivity index (χ1v) is 6.52. The van der Waals surface area contributed by atoms with Crippen molar-refractivity contribution in [2.45, 2.75) is 44.9 Å². The zero-order valence-electron chi connectivity index (χ0n) is 9.32. The Bertz CT molecular complexity index is 292. The van der Waals surface area contributed by atoms with Gasteiger partial charge in [0.2, 0.25) is 0 Å². The lowest BCUT2D eigenvalue weighted by Crippen LogP contribution is -2.18. The summed E-state index contributed by atoms with van der Waals surface area (Å²) in [6.45, 7) is 0. The van der Waals surface area contributed by atoms with Crippen LogP contribution >= 0.6 is 0 Å². The average molecular weight is 204 g/mol. The van der Waals surface area contributed by atoms with Crippen molar-refractivity contribution in [1.29, 1.82) is 0 Å². The zero-order valence-corrected chi connectivity index (χ0v) is 9.32. The monoisotopic (exact) mass is 204 g/mol. The third-order valence-corrected chi connectivity index (χ3v) is 4.97. The molecule has 15 heavy (non-hydrogen) atoms. The Hall–Kier alpha value is -0.590. The lowest BCUT2D eigenvalue weighted by Gasteiger charge is -2.26. The second kappa shape index (κ2) is 3.77. The molecule has 0 aromatic heterocycles. The molecule has 0 N–H and O–H groups in total. The number of allylic oxidation sites excluding steroid dienone is 2. The number of rotatable bonds is 3. The molecule has 0 aromatic rings. The maximum absolute atomic E-state index is 10.3. The zero-order chi connectivity index (χ0) is 10.3. The predicted octanol–water partition coefficient (Wildman–Crippen LogP) is 3.35. The summed E-state index contributed by atoms with van der Waals surface area (Å²) in [4.78, 5) is 10.3. The fourth-order valence-corrected chi connectivity index (χ4v) is 4.46. The van der Waals surface area contributed by atoms with Crippen LogP contribution in [0.2, 0.25) is 0 Å². The van der Waals surface area contributed by atoms with Crippen molar-refractivity contribution in [3.8, 4) is 0 Å². The standard InChI is InChI=1S/C14H20O/c15-7-2-1-4-10-8-11-9-14(10)13-6-3-5-12(11)13/h4,7,11-14H,1-3,5-6,8-9H2/b10-4+/t11-,12-,13-,14-/m0/s1. The number of carbonyl (C=O) groups is 1. The van der Waals surface area contributed by atoms with Gasteiger partial charge >= 0.3 is 0 Å². The van der Waals surface area contributed by atoms with Gasteiger partial charge in [-0.1, -0.05) is 18.1 Å². The Morgan fingerprint density at radius 1 is 1.20 bits per heavy atom. The van der Waals surface area contributed by atoms with Gasteiger partial charge in [-0.3, -0.25) is 0 Å². The van der Waals surface area contributed by atoms with Gasteiger partial charge in [0.1, 0.15) is 6.29 Å². The van der Waals surface area contributed by atoms with E-state index in [0.29, 0.717) is 0 Å². The molecule has 4 atom stereocenters. The van der Waals surface area contributed by atoms with Crippen LogP contribution in [0.1, 0.15) is 44.9 Å². The van der Waals surface area contributed by atoms with Gasteiger partial charge in [0.05, 0.1) is 0 Å². The second-order valence-corrected chi connectivity index (χ2v) is 5.59. The highest BCUT2D eigenvalue weighted by molar-refractivity contribution is 5.49. The van der Waals surface area contributed by atoms with Gasteiger partial charge in [-0.25, -0.2) is 0 Å². The molecule has 0 amide bonds. The molecule has 0 radical (unpaired) electrons. The van der Waals surface area contributed by atoms with Crippen LogP contribution < -0.4 is 0 Å². The van der Waals surface area contributed by atoms with Gasteiger partial charge in [-0.05, 0) is 55.8 Å². The third kappa shape index (κ3) is 1.47. The number of fused-ring (bicyclic) bond motifs is 5. The summed E-state index contributed by atoms with van der Waals surface area (Å²) in [5, 5.41) is 0. The molecular formula is C14H20O. The molecule has 3 aliphatic carbocycles. The summed E-state index contributed by atoms with van der Waals surface area (Å²) in [6.07, 6.45) is 12.4. The van der Waals surface area contributed by atoms with Gasteiger partial charge in [0, 0.05) is 6.42 Å². The van der Waals surface area contributed by atoms with Crippen molar-refractivity contribution < 1.29 is 4.79 Å². The van der Waals surface area contributed by atoms with Crippen LogP contribution in [-0.4, -0.2) is 6.29 Å². The van der Waals surface area contributed by atoms with E-state index in [1.165, 1.54) is 32.1 Å². The molecule has 1 nitrogen and oxygen atoms in total. The average Bonchev–Trinajstić information content (AvgIpc) is 2.89. The van der Waals surface area contributed by atoms with Gasteiger partial charge in [0.15, 0.2) is 0 Å². The van der Waals surface area contributed by atoms with E-state index in [0.717, 1.165) is 42.8 Å². The van der Waals surface area contributed by atoms with Gasteiger partial charge < -0.3 is 4.79 Å². The van der Waals surface area contributed by atoms with Crippen molar-refractivity contribution in [2.75, 3.05) is 0 Å². The Kier molecular flexibility index (Phi) is 2.42. The highest BCUT2D eigenvalue weighted by atomic mass is 16.1. The molecule has 0 aliphatic heterocycles. The number of hydrogen-bond acceptors (Lipinski definition) is 1. The van der Waals surface area contributed by atoms with Crippen LogP contribution in [0.3, 0.4) is 0 Å². The molecule has 0 saturated heterocycles. The highest BCUT2D eigenvalue weighted by Gasteiger charge is 2.51. The minimum absolute atomic E-state index is 0.717. The number of unbranched alkanes of at least 4 members (excludes halogenated alkanes) is 1. The molecular weight excluding hydrogens is 184 g/mol. The molecule has 3 fully saturated rings. The summed E-state index contributed by atoms with van der Waals surface area (Å²) in [7, 11) is 0. The van der Waals surface area contributed by atoms with Crippen molar-refractivity contribution in [3.05, 3.63) is 11.6 Å². The van der Waals surface area contributed by atoms with Crippen LogP contribution in [0.25, 0.3) is 0 Å². The Morgan fingerprint density at radius 3 is 2.93 bits per heavy atom. The molecule has 3 aliphatic rings. The van der Waals surface area contributed by atoms with E-state index in [4.69, 9.17) is 0 Å². The molecule has 2 bridgehead atoms. The van der Waals surface area contributed by atoms with E-state index in [1.807, 2.05) is 0 Å². The fraction of sp³-hybridized carbons (Fsp3) is 0.786. The number of aldehydes is 1. The molecule has 0 unspecified atom stereocenters. The van der Waals surface area contributed by atoms with Crippen LogP contribution in [0, 0.1) is 23.7 Å². The van der Waals surface area contributed by atoms with Crippen molar-refractivity contribution in [2.24, 2.45) is 23.7 Å². The molecule has 3 saturated carbocycles. The van der Waals surface area contributed by atoms with E-state index in [1.54, 1.807) is 5.57 Å². The van der Waals surface area contributed by atoms with Gasteiger partial charge in [-0.15, -0.1) is 0 Å². The highest BCUT2D eigenvalue weighted by Crippen LogP contribution is 2.60. The SMILES string of the molecule is O=CCC/C=C1\C[C@H]2C[C@@H]1[C@H]1CCC[C@@H]21. The van der Waals surface area contributed by atoms with Gasteiger partial charge in [0.25, 0.3) is 0 Å². The Morgan fingerprint density at radius 2 is 2.07 bits per heavy atom. The number of carbonyl (C=O) groups excluding carboxylic acids is 1. The van der Waals surface area contributed by atoms with Crippen LogP contribution in [0.15, 0.2) is 11.6 Å². The van der Waals surface area contributed by atoms with E-state index in [9.17, 15) is 4.79 Å². The van der Waals surface area contributed by atoms with E-state index in [-0.39, 0.29) is 0 Å². The lowest BCUT2D eigenvalue weighted by atomic mass is 9.79. The van der Waals surface area contributed by atoms with Crippen LogP contribution in [-0.2, 0) is 4.79 Å². The van der Waals surface area contributed by atoms with E-state index < -0.39 is 0 Å². The molecule has 3 rings (SSSR count). The van der Waals surface area contributed by atoms with Gasteiger partial charge in [-0.2, -0.15) is 0 Å². The summed E-state index contributed by atoms with van der Waals surface area (Å²) in [5.74, 6) is 4.06. The summed E-state index contributed by atoms with van der Waals surface area (Å²) in [6, 6.07) is 0. The predicted molar refractivity (Wildman–Crippen MR) is 60.4 cm³/mol. The quantitative estimate of drug-likeness (QED) is 0.391. The van der Waals surface area contributed by atoms with E-state index in [2.05, 4.69) is 6.08 Å². The number of hydrogen-bond donors (Lipinski definition) is 0. The molecule has 1 heteroatoms. The molecule has 82 valence electrons. The minimum atomic E-state index is 0.717. The van der Waals surface area contributed by atoms with Crippen molar-refractivity contribution in [3.63, 3.8) is 0 Å². The molecule has 0 heterocycles. The van der Waals surface area contributed by atoms with Crippen molar-refractivity contribution in [1.82, 2.24) is 0 Å². The normalized spacial score (nSPS) is 44.9. The fourth-order valence-electron chi connectivity index (χ4n) is 4.46. The summed E-state index contributed by atoms with van der Waals surface area (Å²) in [5.41, 5.74) is 1.71. The second-order valence-electron chi connectivity index (χ2n) is 5.59. The summed E-state index contributed by atoms with van der Waals surface area (Å²) < 4.78 is 0. The topological polar surface area (TPSA) is 17.1 Å². The first-order valence-electron chi connectivity index (χ1n) is 6.52. The first-order chi connectivity index (χ1) is 7.40. The minimum Gasteiger partial charge on any atom is -0.303 e. The first kappa shape index (κ1) is 9.62. The van der Waals surface area contributed by atoms with Crippen molar-refractivity contribution >= 4 is 6.29 Å². The Labute approximate surface area is 91.9 Å². The lowest BCUT2D eigenvalue weighted by molar-refractivity contribution is -0.107. The maximum atomic E-state index is 10.3. The third-order valence-electron chi connectivity index (χ3n) is 4.97. The van der Waals surface area contributed by atoms with Crippen LogP contribution in [0.4, 0.5) is 0 Å². The Balaban J connectivity index is 1.70. The largest absolute Gasteiger partial charge is 0.303 e. The summed E-state index contributed by atoms with van der Waals surface area (Å²) >= 11 is 0.